The Labute approximate surface area is 161 Å². The fourth-order valence-corrected chi connectivity index (χ4v) is 3.68. The molecule has 1 aliphatic rings. The van der Waals surface area contributed by atoms with Crippen molar-refractivity contribution in [3.63, 3.8) is 0 Å². The first-order valence-corrected chi connectivity index (χ1v) is 10.5. The third-order valence-corrected chi connectivity index (χ3v) is 5.23. The van der Waals surface area contributed by atoms with Crippen molar-refractivity contribution in [2.45, 2.75) is 85.7 Å². The smallest absolute Gasteiger partial charge is 0.0832 e. The molecule has 26 heavy (non-hydrogen) atoms. The lowest BCUT2D eigenvalue weighted by atomic mass is 9.91. The van der Waals surface area contributed by atoms with E-state index in [0.29, 0.717) is 5.54 Å². The van der Waals surface area contributed by atoms with Gasteiger partial charge < -0.3 is 4.90 Å². The van der Waals surface area contributed by atoms with Crippen LogP contribution in [0.3, 0.4) is 0 Å². The molecule has 1 fully saturated rings. The van der Waals surface area contributed by atoms with Gasteiger partial charge in [-0.3, -0.25) is 9.58 Å². The first kappa shape index (κ1) is 21.4. The van der Waals surface area contributed by atoms with Crippen LogP contribution in [-0.2, 0) is 13.0 Å². The van der Waals surface area contributed by atoms with E-state index in [-0.39, 0.29) is 5.41 Å². The second-order valence-electron chi connectivity index (χ2n) is 10.1. The van der Waals surface area contributed by atoms with Gasteiger partial charge in [0.15, 0.2) is 0 Å². The fraction of sp³-hybridized carbons (Fsp3) is 0.905. The molecule has 0 spiro atoms. The molecule has 0 bridgehead atoms. The summed E-state index contributed by atoms with van der Waals surface area (Å²) in [5, 5.41) is 8.58. The molecule has 5 nitrogen and oxygen atoms in total. The molecule has 0 saturated carbocycles. The van der Waals surface area contributed by atoms with Crippen molar-refractivity contribution >= 4 is 0 Å². The molecule has 0 unspecified atom stereocenters. The molecule has 0 aromatic carbocycles. The van der Waals surface area contributed by atoms with Gasteiger partial charge in [0.05, 0.1) is 5.69 Å². The topological polar surface area (TPSA) is 37.2 Å². The Bertz CT molecular complexity index is 515. The highest BCUT2D eigenvalue weighted by molar-refractivity contribution is 4.95. The zero-order chi connectivity index (χ0) is 19.2. The van der Waals surface area contributed by atoms with E-state index in [0.717, 1.165) is 18.7 Å². The summed E-state index contributed by atoms with van der Waals surface area (Å²) in [6, 6.07) is 0. The standard InChI is InChI=1S/C21H41N5/c1-20(2,3)17-19-18-26(23-22-19)12-10-8-7-9-11-24-13-15-25(16-14-24)21(4,5)6/h18H,7-17H2,1-6H3. The summed E-state index contributed by atoms with van der Waals surface area (Å²) in [6.45, 7) is 20.9. The fourth-order valence-electron chi connectivity index (χ4n) is 3.68. The SMILES string of the molecule is CC(C)(C)Cc1cn(CCCCCCN2CCN(C(C)(C)C)CC2)nn1. The molecule has 1 aromatic heterocycles. The monoisotopic (exact) mass is 363 g/mol. The summed E-state index contributed by atoms with van der Waals surface area (Å²) in [5.41, 5.74) is 1.71. The van der Waals surface area contributed by atoms with Crippen LogP contribution in [0.15, 0.2) is 6.20 Å². The third kappa shape index (κ3) is 7.75. The van der Waals surface area contributed by atoms with E-state index in [1.165, 1.54) is 58.4 Å². The molecule has 2 rings (SSSR count). The predicted molar refractivity (Wildman–Crippen MR) is 109 cm³/mol. The lowest BCUT2D eigenvalue weighted by Gasteiger charge is -2.42. The van der Waals surface area contributed by atoms with E-state index >= 15 is 0 Å². The van der Waals surface area contributed by atoms with Gasteiger partial charge in [0.2, 0.25) is 0 Å². The number of unbranched alkanes of at least 4 members (excludes halogenated alkanes) is 3. The molecule has 1 saturated heterocycles. The lowest BCUT2D eigenvalue weighted by molar-refractivity contribution is 0.0616. The van der Waals surface area contributed by atoms with E-state index in [2.05, 4.69) is 67.9 Å². The molecule has 150 valence electrons. The third-order valence-electron chi connectivity index (χ3n) is 5.23. The minimum absolute atomic E-state index is 0.277. The summed E-state index contributed by atoms with van der Waals surface area (Å²) < 4.78 is 2.02. The van der Waals surface area contributed by atoms with Gasteiger partial charge in [-0.15, -0.1) is 5.10 Å². The van der Waals surface area contributed by atoms with Crippen LogP contribution < -0.4 is 0 Å². The van der Waals surface area contributed by atoms with Gasteiger partial charge in [-0.25, -0.2) is 0 Å². The molecule has 0 N–H and O–H groups in total. The van der Waals surface area contributed by atoms with Crippen molar-refractivity contribution in [1.29, 1.82) is 0 Å². The van der Waals surface area contributed by atoms with Crippen LogP contribution in [0.4, 0.5) is 0 Å². The Balaban J connectivity index is 1.52. The minimum Gasteiger partial charge on any atom is -0.301 e. The summed E-state index contributed by atoms with van der Waals surface area (Å²) in [5.74, 6) is 0. The summed E-state index contributed by atoms with van der Waals surface area (Å²) in [4.78, 5) is 5.24. The first-order chi connectivity index (χ1) is 12.1. The first-order valence-electron chi connectivity index (χ1n) is 10.5. The molecule has 5 heteroatoms. The van der Waals surface area contributed by atoms with Gasteiger partial charge in [-0.2, -0.15) is 0 Å². The normalized spacial score (nSPS) is 17.8. The average molecular weight is 364 g/mol. The van der Waals surface area contributed by atoms with Gasteiger partial charge in [-0.1, -0.05) is 38.8 Å². The van der Waals surface area contributed by atoms with E-state index in [1.807, 2.05) is 4.68 Å². The molecule has 0 aliphatic carbocycles. The van der Waals surface area contributed by atoms with Crippen molar-refractivity contribution in [3.05, 3.63) is 11.9 Å². The Morgan fingerprint density at radius 2 is 1.46 bits per heavy atom. The Kier molecular flexibility index (Phi) is 7.65. The number of piperazine rings is 1. The van der Waals surface area contributed by atoms with Gasteiger partial charge in [0, 0.05) is 44.5 Å². The van der Waals surface area contributed by atoms with Crippen molar-refractivity contribution in [3.8, 4) is 0 Å². The van der Waals surface area contributed by atoms with Gasteiger partial charge in [0.1, 0.15) is 0 Å². The maximum absolute atomic E-state index is 4.30. The molecule has 2 heterocycles. The number of hydrogen-bond donors (Lipinski definition) is 0. The van der Waals surface area contributed by atoms with Crippen LogP contribution >= 0.6 is 0 Å². The highest BCUT2D eigenvalue weighted by Crippen LogP contribution is 2.19. The highest BCUT2D eigenvalue weighted by Gasteiger charge is 2.25. The summed E-state index contributed by atoms with van der Waals surface area (Å²) in [6.07, 6.45) is 8.26. The highest BCUT2D eigenvalue weighted by atomic mass is 15.4. The second-order valence-corrected chi connectivity index (χ2v) is 10.1. The van der Waals surface area contributed by atoms with Crippen LogP contribution in [0.25, 0.3) is 0 Å². The van der Waals surface area contributed by atoms with Crippen LogP contribution in [0.1, 0.15) is 72.9 Å². The van der Waals surface area contributed by atoms with Gasteiger partial charge >= 0.3 is 0 Å². The van der Waals surface area contributed by atoms with Crippen LogP contribution in [0.5, 0.6) is 0 Å². The lowest BCUT2D eigenvalue weighted by Crippen LogP contribution is -2.53. The molecular formula is C21H41N5. The zero-order valence-corrected chi connectivity index (χ0v) is 18.1. The number of hydrogen-bond acceptors (Lipinski definition) is 4. The van der Waals surface area contributed by atoms with E-state index in [4.69, 9.17) is 0 Å². The molecule has 0 atom stereocenters. The van der Waals surface area contributed by atoms with Gasteiger partial charge in [0.25, 0.3) is 0 Å². The number of nitrogens with zero attached hydrogens (tertiary/aromatic N) is 5. The summed E-state index contributed by atoms with van der Waals surface area (Å²) >= 11 is 0. The molecule has 1 aromatic rings. The van der Waals surface area contributed by atoms with E-state index < -0.39 is 0 Å². The van der Waals surface area contributed by atoms with Crippen LogP contribution in [-0.4, -0.2) is 63.1 Å². The number of aromatic nitrogens is 3. The Hall–Kier alpha value is -0.940. The van der Waals surface area contributed by atoms with Crippen LogP contribution in [0, 0.1) is 5.41 Å². The molecule has 0 radical (unpaired) electrons. The quantitative estimate of drug-likeness (QED) is 0.658. The molecular weight excluding hydrogens is 322 g/mol. The maximum atomic E-state index is 4.30. The minimum atomic E-state index is 0.277. The largest absolute Gasteiger partial charge is 0.301 e. The van der Waals surface area contributed by atoms with Crippen LogP contribution in [0.2, 0.25) is 0 Å². The Morgan fingerprint density at radius 1 is 0.846 bits per heavy atom. The summed E-state index contributed by atoms with van der Waals surface area (Å²) in [7, 11) is 0. The predicted octanol–water partition coefficient (Wildman–Crippen LogP) is 3.84. The molecule has 1 aliphatic heterocycles. The van der Waals surface area contributed by atoms with Crippen molar-refractivity contribution in [2.24, 2.45) is 5.41 Å². The van der Waals surface area contributed by atoms with Crippen molar-refractivity contribution in [2.75, 3.05) is 32.7 Å². The van der Waals surface area contributed by atoms with E-state index in [1.54, 1.807) is 0 Å². The number of rotatable bonds is 8. The maximum Gasteiger partial charge on any atom is 0.0832 e. The average Bonchev–Trinajstić information content (AvgIpc) is 2.95. The van der Waals surface area contributed by atoms with Gasteiger partial charge in [-0.05, 0) is 52.0 Å². The molecule has 0 amide bonds. The Morgan fingerprint density at radius 3 is 2.04 bits per heavy atom. The zero-order valence-electron chi connectivity index (χ0n) is 18.1. The second kappa shape index (κ2) is 9.32. The van der Waals surface area contributed by atoms with Crippen molar-refractivity contribution < 1.29 is 0 Å². The van der Waals surface area contributed by atoms with Crippen molar-refractivity contribution in [1.82, 2.24) is 24.8 Å². The number of aryl methyl sites for hydroxylation is 1. The van der Waals surface area contributed by atoms with E-state index in [9.17, 15) is 0 Å².